The van der Waals surface area contributed by atoms with Gasteiger partial charge in [0.15, 0.2) is 11.2 Å². The number of carbonyl (C=O) groups excluding carboxylic acids is 1. The molecule has 0 spiro atoms. The van der Waals surface area contributed by atoms with E-state index in [9.17, 15) is 9.59 Å². The smallest absolute Gasteiger partial charge is 0.280 e. The molecule has 0 saturated carbocycles. The second kappa shape index (κ2) is 5.83. The first-order chi connectivity index (χ1) is 9.69. The van der Waals surface area contributed by atoms with Crippen LogP contribution in [0.15, 0.2) is 11.1 Å². The number of nitrogens with zero attached hydrogens (tertiary/aromatic N) is 3. The highest BCUT2D eigenvalue weighted by atomic mass is 16.5. The zero-order valence-corrected chi connectivity index (χ0v) is 11.4. The number of carbonyl (C=O) groups is 1. The summed E-state index contributed by atoms with van der Waals surface area (Å²) < 4.78 is 7.13. The van der Waals surface area contributed by atoms with Gasteiger partial charge in [-0.1, -0.05) is 13.8 Å². The minimum atomic E-state index is -0.410. The average Bonchev–Trinajstić information content (AvgIpc) is 3.06. The first-order valence-corrected chi connectivity index (χ1v) is 6.52. The summed E-state index contributed by atoms with van der Waals surface area (Å²) in [4.78, 5) is 32.7. The largest absolute Gasteiger partial charge is 0.369 e. The van der Waals surface area contributed by atoms with Crippen molar-refractivity contribution in [2.75, 3.05) is 5.73 Å². The van der Waals surface area contributed by atoms with Gasteiger partial charge in [0.2, 0.25) is 5.95 Å². The Bertz CT molecular complexity index is 663. The van der Waals surface area contributed by atoms with Gasteiger partial charge in [0.05, 0.1) is 6.33 Å². The first kappa shape index (κ1) is 14.2. The van der Waals surface area contributed by atoms with E-state index >= 15 is 0 Å². The van der Waals surface area contributed by atoms with Gasteiger partial charge in [-0.3, -0.25) is 14.3 Å². The number of aromatic amines is 1. The minimum Gasteiger partial charge on any atom is -0.369 e. The number of nitrogen functional groups attached to an aromatic ring is 1. The number of nitrogens with two attached hydrogens (primary N) is 1. The zero-order chi connectivity index (χ0) is 14.7. The minimum absolute atomic E-state index is 0.0270. The molecular formula is C12H17N5O3. The number of fused-ring (bicyclic) bond motifs is 1. The van der Waals surface area contributed by atoms with Gasteiger partial charge < -0.3 is 15.3 Å². The molecular weight excluding hydrogens is 262 g/mol. The summed E-state index contributed by atoms with van der Waals surface area (Å²) in [6.07, 6.45) is 2.82. The molecule has 2 unspecified atom stereocenters. The van der Waals surface area contributed by atoms with E-state index in [2.05, 4.69) is 15.0 Å². The van der Waals surface area contributed by atoms with Crippen LogP contribution in [-0.2, 0) is 9.53 Å². The van der Waals surface area contributed by atoms with Crippen LogP contribution in [0.25, 0.3) is 11.2 Å². The number of imidazole rings is 1. The number of aromatic nitrogens is 4. The summed E-state index contributed by atoms with van der Waals surface area (Å²) in [7, 11) is 0. The molecule has 2 atom stereocenters. The van der Waals surface area contributed by atoms with E-state index < -0.39 is 6.10 Å². The molecule has 1 aliphatic heterocycles. The van der Waals surface area contributed by atoms with Crippen molar-refractivity contribution in [1.29, 1.82) is 0 Å². The van der Waals surface area contributed by atoms with Gasteiger partial charge in [0.25, 0.3) is 5.56 Å². The summed E-state index contributed by atoms with van der Waals surface area (Å²) in [6, 6.07) is 0. The Balaban J connectivity index is 0.000000704. The van der Waals surface area contributed by atoms with Crippen LogP contribution in [0, 0.1) is 0 Å². The lowest BCUT2D eigenvalue weighted by atomic mass is 10.2. The topological polar surface area (TPSA) is 116 Å². The molecule has 1 aliphatic rings. The zero-order valence-electron chi connectivity index (χ0n) is 11.4. The third-order valence-corrected chi connectivity index (χ3v) is 2.94. The second-order valence-corrected chi connectivity index (χ2v) is 4.12. The van der Waals surface area contributed by atoms with Crippen molar-refractivity contribution < 1.29 is 9.53 Å². The molecule has 1 saturated heterocycles. The summed E-state index contributed by atoms with van der Waals surface area (Å²) in [5.41, 5.74) is 5.69. The molecule has 0 amide bonds. The highest BCUT2D eigenvalue weighted by molar-refractivity contribution is 5.70. The molecule has 8 heteroatoms. The van der Waals surface area contributed by atoms with Gasteiger partial charge >= 0.3 is 0 Å². The van der Waals surface area contributed by atoms with Gasteiger partial charge in [-0.05, 0) is 12.8 Å². The number of ether oxygens (including phenoxy) is 1. The van der Waals surface area contributed by atoms with Crippen molar-refractivity contribution in [3.05, 3.63) is 16.7 Å². The number of H-pyrrole nitrogens is 1. The van der Waals surface area contributed by atoms with E-state index in [1.807, 2.05) is 13.8 Å². The Morgan fingerprint density at radius 2 is 2.25 bits per heavy atom. The summed E-state index contributed by atoms with van der Waals surface area (Å²) in [5, 5.41) is 0. The molecule has 20 heavy (non-hydrogen) atoms. The van der Waals surface area contributed by atoms with Crippen LogP contribution in [-0.4, -0.2) is 31.9 Å². The molecule has 1 fully saturated rings. The van der Waals surface area contributed by atoms with Gasteiger partial charge in [-0.25, -0.2) is 4.98 Å². The van der Waals surface area contributed by atoms with E-state index in [-0.39, 0.29) is 23.3 Å². The maximum atomic E-state index is 11.6. The lowest BCUT2D eigenvalue weighted by Crippen LogP contribution is -2.15. The van der Waals surface area contributed by atoms with E-state index in [1.54, 1.807) is 4.57 Å². The van der Waals surface area contributed by atoms with E-state index in [0.717, 1.165) is 6.29 Å². The van der Waals surface area contributed by atoms with Crippen molar-refractivity contribution in [3.63, 3.8) is 0 Å². The Labute approximate surface area is 115 Å². The van der Waals surface area contributed by atoms with Crippen LogP contribution in [0.2, 0.25) is 0 Å². The number of anilines is 1. The molecule has 0 bridgehead atoms. The van der Waals surface area contributed by atoms with Crippen molar-refractivity contribution in [2.24, 2.45) is 0 Å². The lowest BCUT2D eigenvalue weighted by Gasteiger charge is -2.12. The summed E-state index contributed by atoms with van der Waals surface area (Å²) in [5.74, 6) is 0.0270. The third-order valence-electron chi connectivity index (χ3n) is 2.94. The summed E-state index contributed by atoms with van der Waals surface area (Å²) >= 11 is 0. The first-order valence-electron chi connectivity index (χ1n) is 6.52. The van der Waals surface area contributed by atoms with Gasteiger partial charge in [0.1, 0.15) is 18.6 Å². The van der Waals surface area contributed by atoms with Crippen molar-refractivity contribution in [1.82, 2.24) is 19.5 Å². The van der Waals surface area contributed by atoms with Crippen LogP contribution in [0.5, 0.6) is 0 Å². The quantitative estimate of drug-likeness (QED) is 0.778. The predicted molar refractivity (Wildman–Crippen MR) is 73.1 cm³/mol. The number of rotatable bonds is 2. The highest BCUT2D eigenvalue weighted by Crippen LogP contribution is 2.28. The molecule has 0 aromatic carbocycles. The second-order valence-electron chi connectivity index (χ2n) is 4.12. The van der Waals surface area contributed by atoms with Crippen LogP contribution in [0.4, 0.5) is 5.95 Å². The van der Waals surface area contributed by atoms with E-state index in [4.69, 9.17) is 10.5 Å². The molecule has 2 aromatic heterocycles. The molecule has 8 nitrogen and oxygen atoms in total. The fraction of sp³-hybridized carbons (Fsp3) is 0.500. The van der Waals surface area contributed by atoms with Crippen LogP contribution in [0.3, 0.4) is 0 Å². The Hall–Kier alpha value is -2.22. The fourth-order valence-corrected chi connectivity index (χ4v) is 2.10. The molecule has 3 N–H and O–H groups in total. The molecule has 0 aliphatic carbocycles. The highest BCUT2D eigenvalue weighted by Gasteiger charge is 2.27. The van der Waals surface area contributed by atoms with Gasteiger partial charge in [-0.2, -0.15) is 4.98 Å². The van der Waals surface area contributed by atoms with Crippen molar-refractivity contribution in [3.8, 4) is 0 Å². The number of aldehydes is 1. The van der Waals surface area contributed by atoms with Crippen LogP contribution in [0.1, 0.15) is 32.9 Å². The number of nitrogens with one attached hydrogen (secondary N) is 1. The Morgan fingerprint density at radius 1 is 1.50 bits per heavy atom. The predicted octanol–water partition coefficient (Wildman–Crippen LogP) is 0.604. The Morgan fingerprint density at radius 3 is 2.90 bits per heavy atom. The number of hydrogen-bond acceptors (Lipinski definition) is 6. The third kappa shape index (κ3) is 2.42. The van der Waals surface area contributed by atoms with Crippen molar-refractivity contribution in [2.45, 2.75) is 39.0 Å². The molecule has 2 aromatic rings. The van der Waals surface area contributed by atoms with E-state index in [0.29, 0.717) is 18.5 Å². The van der Waals surface area contributed by atoms with E-state index in [1.165, 1.54) is 6.33 Å². The standard InChI is InChI=1S/C10H11N5O3.C2H6/c11-10-13-8-7(9(17)14-10)12-4-15(8)6-2-1-5(3-16)18-6;1-2/h3-6H,1-2H2,(H3,11,13,14,17);1-2H3. The SMILES string of the molecule is CC.Nc1nc2c(ncn2C2CCC(C=O)O2)c(=O)[nH]1. The average molecular weight is 279 g/mol. The maximum Gasteiger partial charge on any atom is 0.280 e. The monoisotopic (exact) mass is 279 g/mol. The summed E-state index contributed by atoms with van der Waals surface area (Å²) in [6.45, 7) is 4.00. The molecule has 3 heterocycles. The normalized spacial score (nSPS) is 21.5. The molecule has 108 valence electrons. The van der Waals surface area contributed by atoms with Gasteiger partial charge in [0, 0.05) is 0 Å². The van der Waals surface area contributed by atoms with Crippen molar-refractivity contribution >= 4 is 23.4 Å². The number of hydrogen-bond donors (Lipinski definition) is 2. The molecule has 0 radical (unpaired) electrons. The fourth-order valence-electron chi connectivity index (χ4n) is 2.10. The maximum absolute atomic E-state index is 11.6. The van der Waals surface area contributed by atoms with Crippen LogP contribution < -0.4 is 11.3 Å². The lowest BCUT2D eigenvalue weighted by molar-refractivity contribution is -0.119. The molecule has 3 rings (SSSR count). The van der Waals surface area contributed by atoms with Gasteiger partial charge in [-0.15, -0.1) is 0 Å². The van der Waals surface area contributed by atoms with Crippen LogP contribution >= 0.6 is 0 Å². The Kier molecular flexibility index (Phi) is 4.14.